The Hall–Kier alpha value is -7.83. The summed E-state index contributed by atoms with van der Waals surface area (Å²) < 4.78 is 17.3. The van der Waals surface area contributed by atoms with Gasteiger partial charge in [0, 0.05) is 51.0 Å². The smallest absolute Gasteiger partial charge is 0.251 e. The SMILES string of the molecule is CCCCCOc1ccc(-c2ccc(-c3ccc(C(=O)N[C@H]4C[C@@H](O)[C@@H](OCCOCCN)NC(=O)[C@@H]5[C@@H](O)[C@@H](C)CN5C(=O)[C@H]([C@@H](C)O)NC(=O)[C@H]([C@H](O)[C@@H](O)c5ccc(O)c(NC)c5)NC(=O)[C@@H]5C[C@@H](O)CN5C(=O)[C@H]([C@@H](C)O)NC4=O)cc3)cc2)cc1. The number of unbranched alkanes of at least 4 members (excludes halogenated alkanes) is 2. The van der Waals surface area contributed by atoms with Gasteiger partial charge in [-0.3, -0.25) is 33.6 Å². The van der Waals surface area contributed by atoms with Crippen LogP contribution in [0.5, 0.6) is 11.5 Å². The van der Waals surface area contributed by atoms with Crippen molar-refractivity contribution in [2.24, 2.45) is 11.7 Å². The number of fused-ring (bicyclic) bond motifs is 2. The van der Waals surface area contributed by atoms with E-state index in [1.54, 1.807) is 12.1 Å². The number of anilines is 1. The summed E-state index contributed by atoms with van der Waals surface area (Å²) in [6.45, 7) is 5.26. The van der Waals surface area contributed by atoms with E-state index in [2.05, 4.69) is 38.8 Å². The van der Waals surface area contributed by atoms with Gasteiger partial charge >= 0.3 is 0 Å². The average molecular weight is 1260 g/mol. The number of rotatable bonds is 21. The number of hydrogen-bond acceptors (Lipinski definition) is 20. The molecule has 0 radical (unpaired) electrons. The number of nitrogens with one attached hydrogen (secondary N) is 6. The van der Waals surface area contributed by atoms with E-state index in [1.807, 2.05) is 48.5 Å². The first-order valence-corrected chi connectivity index (χ1v) is 30.2. The summed E-state index contributed by atoms with van der Waals surface area (Å²) in [4.78, 5) is 104. The third-order valence-corrected chi connectivity index (χ3v) is 16.2. The van der Waals surface area contributed by atoms with Gasteiger partial charge in [-0.15, -0.1) is 0 Å². The largest absolute Gasteiger partial charge is 0.506 e. The number of hydrogen-bond donors (Lipinski definition) is 15. The zero-order valence-corrected chi connectivity index (χ0v) is 50.9. The number of nitrogens with zero attached hydrogens (tertiary/aromatic N) is 2. The van der Waals surface area contributed by atoms with Crippen molar-refractivity contribution < 1.29 is 88.6 Å². The lowest BCUT2D eigenvalue weighted by Crippen LogP contribution is -2.64. The number of benzene rings is 4. The molecule has 0 spiro atoms. The Kier molecular flexibility index (Phi) is 25.0. The summed E-state index contributed by atoms with van der Waals surface area (Å²) >= 11 is 0. The summed E-state index contributed by atoms with van der Waals surface area (Å²) in [6.07, 6.45) is -13.0. The van der Waals surface area contributed by atoms with Gasteiger partial charge in [-0.1, -0.05) is 81.3 Å². The fraction of sp³-hybridized carbons (Fsp3) is 0.508. The maximum Gasteiger partial charge on any atom is 0.251 e. The van der Waals surface area contributed by atoms with Gasteiger partial charge < -0.3 is 102 Å². The van der Waals surface area contributed by atoms with Crippen LogP contribution in [0.15, 0.2) is 91.0 Å². The lowest BCUT2D eigenvalue weighted by atomic mass is 9.96. The van der Waals surface area contributed by atoms with Crippen molar-refractivity contribution in [1.82, 2.24) is 36.4 Å². The van der Waals surface area contributed by atoms with Gasteiger partial charge in [0.15, 0.2) is 6.23 Å². The maximum absolute atomic E-state index is 14.8. The van der Waals surface area contributed by atoms with Gasteiger partial charge in [-0.2, -0.15) is 0 Å². The first kappa shape index (κ1) is 69.6. The van der Waals surface area contributed by atoms with Crippen molar-refractivity contribution >= 4 is 47.0 Å². The molecule has 0 bridgehead atoms. The van der Waals surface area contributed by atoms with Crippen LogP contribution in [0.25, 0.3) is 22.3 Å². The molecule has 7 rings (SSSR count). The number of aromatic hydroxyl groups is 1. The van der Waals surface area contributed by atoms with Crippen molar-refractivity contribution in [3.63, 3.8) is 0 Å². The zero-order valence-electron chi connectivity index (χ0n) is 50.9. The second-order valence-corrected chi connectivity index (χ2v) is 23.0. The Morgan fingerprint density at radius 3 is 1.84 bits per heavy atom. The van der Waals surface area contributed by atoms with E-state index in [1.165, 1.54) is 44.3 Å². The summed E-state index contributed by atoms with van der Waals surface area (Å²) in [5.41, 5.74) is 9.05. The lowest BCUT2D eigenvalue weighted by Gasteiger charge is -2.34. The predicted molar refractivity (Wildman–Crippen MR) is 327 cm³/mol. The van der Waals surface area contributed by atoms with E-state index >= 15 is 0 Å². The molecule has 3 aliphatic rings. The molecule has 3 fully saturated rings. The number of nitrogens with two attached hydrogens (primary N) is 1. The Morgan fingerprint density at radius 2 is 1.26 bits per heavy atom. The minimum Gasteiger partial charge on any atom is -0.506 e. The zero-order chi connectivity index (χ0) is 65.5. The predicted octanol–water partition coefficient (Wildman–Crippen LogP) is -0.886. The molecular weight excluding hydrogens is 1170 g/mol. The Balaban J connectivity index is 1.23. The molecule has 490 valence electrons. The van der Waals surface area contributed by atoms with Crippen LogP contribution in [0.4, 0.5) is 5.69 Å². The molecule has 16 N–H and O–H groups in total. The highest BCUT2D eigenvalue weighted by Gasteiger charge is 2.50. The minimum absolute atomic E-state index is 0.0255. The topological polar surface area (TPSA) is 414 Å². The molecule has 3 aliphatic heterocycles. The first-order chi connectivity index (χ1) is 43.0. The number of carbonyl (C=O) groups is 7. The quantitative estimate of drug-likeness (QED) is 0.0356. The number of ether oxygens (including phenoxy) is 3. The van der Waals surface area contributed by atoms with Crippen LogP contribution in [0.3, 0.4) is 0 Å². The normalized spacial score (nSPS) is 26.1. The third-order valence-electron chi connectivity index (χ3n) is 16.2. The molecule has 3 saturated heterocycles. The molecule has 3 heterocycles. The number of phenols is 1. The molecule has 0 saturated carbocycles. The number of phenolic OH excluding ortho intramolecular Hbond substituents is 1. The maximum atomic E-state index is 14.8. The minimum atomic E-state index is -2.33. The van der Waals surface area contributed by atoms with Crippen molar-refractivity contribution in [3.05, 3.63) is 102 Å². The highest BCUT2D eigenvalue weighted by atomic mass is 16.5. The number of aliphatic hydroxyl groups excluding tert-OH is 7. The molecule has 0 aromatic heterocycles. The Morgan fingerprint density at radius 1 is 0.678 bits per heavy atom. The summed E-state index contributed by atoms with van der Waals surface area (Å²) in [5, 5.41) is 106. The molecule has 15 atom stereocenters. The van der Waals surface area contributed by atoms with Crippen LogP contribution in [-0.4, -0.2) is 224 Å². The van der Waals surface area contributed by atoms with Crippen LogP contribution in [-0.2, 0) is 38.2 Å². The second kappa shape index (κ2) is 32.3. The standard InChI is InChI=1S/C63H85N9O18/c1-6-7-8-24-89-43-20-17-39(18-21-43)37-11-9-36(10-12-37)38-13-15-40(16-14-38)56(81)66-45-30-48(77)61(90-27-26-88-25-23-64)70-60(85)52-53(78)33(2)31-72(52)63(87)50(35(4)74)68-59(84)51(55(80)54(79)41-19-22-47(76)44(28-41)65-5)69-58(83)46-29-42(75)32-71(46)62(86)49(34(3)73)67-57(45)82/h9-22,28,33-35,42,45-46,48-55,61,65,73-80H,6-8,23-27,29-32,64H2,1-5H3,(H,66,81)(H,67,82)(H,68,84)(H,69,83)(H,70,85)/t33-,34+,35+,42+,45-,46-,48+,49-,50-,51-,52-,53-,54-,55-,61+/m0/s1. The van der Waals surface area contributed by atoms with Crippen molar-refractivity contribution in [2.75, 3.05) is 58.4 Å². The van der Waals surface area contributed by atoms with E-state index in [9.17, 15) is 74.4 Å². The van der Waals surface area contributed by atoms with Crippen LogP contribution >= 0.6 is 0 Å². The van der Waals surface area contributed by atoms with Gasteiger partial charge in [0.25, 0.3) is 5.91 Å². The van der Waals surface area contributed by atoms with Crippen molar-refractivity contribution in [1.29, 1.82) is 0 Å². The molecule has 27 nitrogen and oxygen atoms in total. The molecule has 27 heteroatoms. The van der Waals surface area contributed by atoms with Gasteiger partial charge in [-0.25, -0.2) is 0 Å². The van der Waals surface area contributed by atoms with Crippen molar-refractivity contribution in [2.45, 2.75) is 145 Å². The van der Waals surface area contributed by atoms with E-state index in [0.29, 0.717) is 6.61 Å². The first-order valence-electron chi connectivity index (χ1n) is 30.2. The van der Waals surface area contributed by atoms with E-state index < -0.39 is 152 Å². The Labute approximate surface area is 521 Å². The molecule has 4 aromatic rings. The summed E-state index contributed by atoms with van der Waals surface area (Å²) in [6, 6.07) is 13.8. The molecule has 7 amide bonds. The fourth-order valence-corrected chi connectivity index (χ4v) is 11.0. The van der Waals surface area contributed by atoms with Crippen molar-refractivity contribution in [3.8, 4) is 33.8 Å². The van der Waals surface area contributed by atoms with Crippen LogP contribution in [0.1, 0.15) is 81.8 Å². The van der Waals surface area contributed by atoms with Crippen LogP contribution in [0.2, 0.25) is 0 Å². The Bertz CT molecular complexity index is 3080. The molecule has 0 aliphatic carbocycles. The molecule has 90 heavy (non-hydrogen) atoms. The van der Waals surface area contributed by atoms with E-state index in [4.69, 9.17) is 19.9 Å². The number of amides is 7. The fourth-order valence-electron chi connectivity index (χ4n) is 11.0. The molecule has 4 aromatic carbocycles. The van der Waals surface area contributed by atoms with E-state index in [0.717, 1.165) is 70.9 Å². The summed E-state index contributed by atoms with van der Waals surface area (Å²) in [7, 11) is 1.45. The highest BCUT2D eigenvalue weighted by molar-refractivity contribution is 6.00. The molecule has 0 unspecified atom stereocenters. The highest BCUT2D eigenvalue weighted by Crippen LogP contribution is 2.32. The van der Waals surface area contributed by atoms with Gasteiger partial charge in [0.2, 0.25) is 35.4 Å². The van der Waals surface area contributed by atoms with E-state index in [-0.39, 0.29) is 55.5 Å². The average Bonchev–Trinajstić information content (AvgIpc) is 1.73. The van der Waals surface area contributed by atoms with Gasteiger partial charge in [0.1, 0.15) is 66.1 Å². The third kappa shape index (κ3) is 17.4. The number of carbonyl (C=O) groups excluding carboxylic acids is 7. The van der Waals surface area contributed by atoms with Gasteiger partial charge in [0.05, 0.1) is 56.5 Å². The van der Waals surface area contributed by atoms with Crippen LogP contribution < -0.4 is 42.4 Å². The molecular formula is C63H85N9O18. The number of aliphatic hydroxyl groups is 7. The summed E-state index contributed by atoms with van der Waals surface area (Å²) in [5.74, 6) is -8.51. The van der Waals surface area contributed by atoms with Crippen LogP contribution in [0, 0.1) is 5.92 Å². The lowest BCUT2D eigenvalue weighted by molar-refractivity contribution is -0.150. The van der Waals surface area contributed by atoms with Gasteiger partial charge in [-0.05, 0) is 84.5 Å². The second-order valence-electron chi connectivity index (χ2n) is 23.0. The monoisotopic (exact) mass is 1260 g/mol.